The quantitative estimate of drug-likeness (QED) is 0.642. The minimum atomic E-state index is -0.0370. The summed E-state index contributed by atoms with van der Waals surface area (Å²) in [5.74, 6) is 0.483. The molecule has 2 atom stereocenters. The lowest BCUT2D eigenvalue weighted by Gasteiger charge is -2.21. The number of nitrogens with one attached hydrogen (secondary N) is 2. The van der Waals surface area contributed by atoms with Crippen LogP contribution in [0.5, 0.6) is 0 Å². The maximum absolute atomic E-state index is 11.3. The van der Waals surface area contributed by atoms with Gasteiger partial charge in [-0.2, -0.15) is 0 Å². The molecule has 0 spiro atoms. The normalized spacial score (nSPS) is 15.3. The molecule has 3 nitrogen and oxygen atoms in total. The van der Waals surface area contributed by atoms with Gasteiger partial charge >= 0.3 is 0 Å². The number of carbonyl (C=O) groups is 1. The average Bonchev–Trinajstić information content (AvgIpc) is 2.11. The van der Waals surface area contributed by atoms with Crippen molar-refractivity contribution >= 4 is 5.91 Å². The maximum Gasteiger partial charge on any atom is 0.237 e. The standard InChI is InChI=1S/C9H20N2O/c1-5-7(3)8(11-6-2)9(12)10-4/h7-8,11H,5-6H2,1-4H3,(H,10,12). The molecule has 0 radical (unpaired) electrons. The summed E-state index contributed by atoms with van der Waals surface area (Å²) in [6.07, 6.45) is 1.02. The van der Waals surface area contributed by atoms with Crippen LogP contribution < -0.4 is 10.6 Å². The van der Waals surface area contributed by atoms with E-state index in [0.717, 1.165) is 13.0 Å². The van der Waals surface area contributed by atoms with E-state index in [1.807, 2.05) is 6.92 Å². The van der Waals surface area contributed by atoms with Crippen molar-refractivity contribution in [1.29, 1.82) is 0 Å². The first-order valence-electron chi connectivity index (χ1n) is 4.62. The lowest BCUT2D eigenvalue weighted by atomic mass is 9.98. The Morgan fingerprint density at radius 3 is 2.33 bits per heavy atom. The summed E-state index contributed by atoms with van der Waals surface area (Å²) in [7, 11) is 1.68. The van der Waals surface area contributed by atoms with E-state index in [9.17, 15) is 4.79 Å². The van der Waals surface area contributed by atoms with E-state index in [0.29, 0.717) is 5.92 Å². The molecule has 0 fully saturated rings. The van der Waals surface area contributed by atoms with Gasteiger partial charge in [-0.25, -0.2) is 0 Å². The predicted molar refractivity (Wildman–Crippen MR) is 51.0 cm³/mol. The molecule has 12 heavy (non-hydrogen) atoms. The van der Waals surface area contributed by atoms with E-state index in [4.69, 9.17) is 0 Å². The van der Waals surface area contributed by atoms with Gasteiger partial charge in [0.1, 0.15) is 0 Å². The van der Waals surface area contributed by atoms with Gasteiger partial charge in [0.2, 0.25) is 5.91 Å². The van der Waals surface area contributed by atoms with E-state index in [2.05, 4.69) is 24.5 Å². The number of rotatable bonds is 5. The van der Waals surface area contributed by atoms with Gasteiger partial charge < -0.3 is 10.6 Å². The van der Waals surface area contributed by atoms with Gasteiger partial charge in [0, 0.05) is 7.05 Å². The fourth-order valence-electron chi connectivity index (χ4n) is 1.16. The Labute approximate surface area is 74.9 Å². The zero-order chi connectivity index (χ0) is 9.56. The zero-order valence-electron chi connectivity index (χ0n) is 8.48. The highest BCUT2D eigenvalue weighted by Crippen LogP contribution is 2.07. The van der Waals surface area contributed by atoms with Gasteiger partial charge in [-0.15, -0.1) is 0 Å². The second kappa shape index (κ2) is 6.00. The van der Waals surface area contributed by atoms with E-state index in [1.54, 1.807) is 7.05 Å². The number of hydrogen-bond acceptors (Lipinski definition) is 2. The predicted octanol–water partition coefficient (Wildman–Crippen LogP) is 0.757. The van der Waals surface area contributed by atoms with Gasteiger partial charge in [0.05, 0.1) is 6.04 Å². The molecular weight excluding hydrogens is 152 g/mol. The SMILES string of the molecule is CCNC(C(=O)NC)C(C)CC. The van der Waals surface area contributed by atoms with Crippen LogP contribution in [0, 0.1) is 5.92 Å². The first-order chi connectivity index (χ1) is 5.67. The van der Waals surface area contributed by atoms with Crippen LogP contribution in [0.15, 0.2) is 0 Å². The third-order valence-corrected chi connectivity index (χ3v) is 2.17. The van der Waals surface area contributed by atoms with Crippen molar-refractivity contribution in [3.8, 4) is 0 Å². The summed E-state index contributed by atoms with van der Waals surface area (Å²) in [4.78, 5) is 11.3. The molecule has 0 aromatic rings. The fourth-order valence-corrected chi connectivity index (χ4v) is 1.16. The third kappa shape index (κ3) is 3.22. The number of carbonyl (C=O) groups excluding carboxylic acids is 1. The van der Waals surface area contributed by atoms with Crippen LogP contribution in [0.2, 0.25) is 0 Å². The van der Waals surface area contributed by atoms with Crippen molar-refractivity contribution in [3.63, 3.8) is 0 Å². The molecular formula is C9H20N2O. The lowest BCUT2D eigenvalue weighted by molar-refractivity contribution is -0.123. The summed E-state index contributed by atoms with van der Waals surface area (Å²) in [6.45, 7) is 7.03. The van der Waals surface area contributed by atoms with E-state index >= 15 is 0 Å². The van der Waals surface area contributed by atoms with Gasteiger partial charge in [-0.3, -0.25) is 4.79 Å². The van der Waals surface area contributed by atoms with E-state index in [1.165, 1.54) is 0 Å². The van der Waals surface area contributed by atoms with Gasteiger partial charge in [-0.05, 0) is 12.5 Å². The smallest absolute Gasteiger partial charge is 0.237 e. The second-order valence-corrected chi connectivity index (χ2v) is 3.04. The van der Waals surface area contributed by atoms with Crippen LogP contribution in [0.4, 0.5) is 0 Å². The largest absolute Gasteiger partial charge is 0.358 e. The van der Waals surface area contributed by atoms with Crippen molar-refractivity contribution in [2.75, 3.05) is 13.6 Å². The Balaban J connectivity index is 4.11. The Bertz CT molecular complexity index is 136. The Morgan fingerprint density at radius 2 is 2.00 bits per heavy atom. The molecule has 0 aliphatic rings. The molecule has 0 heterocycles. The molecule has 72 valence electrons. The molecule has 0 aliphatic carbocycles. The molecule has 1 amide bonds. The van der Waals surface area contributed by atoms with Gasteiger partial charge in [0.15, 0.2) is 0 Å². The summed E-state index contributed by atoms with van der Waals surface area (Å²) in [5.41, 5.74) is 0. The number of likely N-dealkylation sites (N-methyl/N-ethyl adjacent to an activating group) is 2. The van der Waals surface area contributed by atoms with Crippen LogP contribution in [0.25, 0.3) is 0 Å². The second-order valence-electron chi connectivity index (χ2n) is 3.04. The van der Waals surface area contributed by atoms with Crippen molar-refractivity contribution in [2.45, 2.75) is 33.2 Å². The molecule has 0 bridgehead atoms. The fraction of sp³-hybridized carbons (Fsp3) is 0.889. The summed E-state index contributed by atoms with van der Waals surface area (Å²) >= 11 is 0. The highest BCUT2D eigenvalue weighted by molar-refractivity contribution is 5.81. The Morgan fingerprint density at radius 1 is 1.42 bits per heavy atom. The molecule has 3 heteroatoms. The average molecular weight is 172 g/mol. The highest BCUT2D eigenvalue weighted by Gasteiger charge is 2.21. The monoisotopic (exact) mass is 172 g/mol. The molecule has 0 saturated carbocycles. The van der Waals surface area contributed by atoms with Crippen molar-refractivity contribution in [1.82, 2.24) is 10.6 Å². The summed E-state index contributed by atoms with van der Waals surface area (Å²) in [5, 5.41) is 5.84. The molecule has 0 rings (SSSR count). The molecule has 0 saturated heterocycles. The first kappa shape index (κ1) is 11.4. The zero-order valence-corrected chi connectivity index (χ0v) is 8.48. The van der Waals surface area contributed by atoms with Crippen molar-refractivity contribution in [2.24, 2.45) is 5.92 Å². The van der Waals surface area contributed by atoms with Crippen LogP contribution in [0.3, 0.4) is 0 Å². The van der Waals surface area contributed by atoms with Gasteiger partial charge in [-0.1, -0.05) is 27.2 Å². The van der Waals surface area contributed by atoms with Gasteiger partial charge in [0.25, 0.3) is 0 Å². The highest BCUT2D eigenvalue weighted by atomic mass is 16.2. The minimum absolute atomic E-state index is 0.0370. The number of hydrogen-bond donors (Lipinski definition) is 2. The molecule has 2 unspecified atom stereocenters. The molecule has 0 aliphatic heterocycles. The summed E-state index contributed by atoms with van der Waals surface area (Å²) < 4.78 is 0. The van der Waals surface area contributed by atoms with Crippen LogP contribution in [-0.4, -0.2) is 25.5 Å². The Kier molecular flexibility index (Phi) is 5.72. The molecule has 2 N–H and O–H groups in total. The third-order valence-electron chi connectivity index (χ3n) is 2.17. The van der Waals surface area contributed by atoms with E-state index in [-0.39, 0.29) is 11.9 Å². The molecule has 0 aromatic carbocycles. The van der Waals surface area contributed by atoms with Crippen LogP contribution in [-0.2, 0) is 4.79 Å². The van der Waals surface area contributed by atoms with Crippen LogP contribution >= 0.6 is 0 Å². The van der Waals surface area contributed by atoms with Crippen molar-refractivity contribution < 1.29 is 4.79 Å². The van der Waals surface area contributed by atoms with E-state index < -0.39 is 0 Å². The Hall–Kier alpha value is -0.570. The number of amides is 1. The van der Waals surface area contributed by atoms with Crippen LogP contribution in [0.1, 0.15) is 27.2 Å². The van der Waals surface area contributed by atoms with Crippen molar-refractivity contribution in [3.05, 3.63) is 0 Å². The topological polar surface area (TPSA) is 41.1 Å². The summed E-state index contributed by atoms with van der Waals surface area (Å²) in [6, 6.07) is -0.0370. The lowest BCUT2D eigenvalue weighted by Crippen LogP contribution is -2.46. The molecule has 0 aromatic heterocycles. The first-order valence-corrected chi connectivity index (χ1v) is 4.62. The maximum atomic E-state index is 11.3. The minimum Gasteiger partial charge on any atom is -0.358 e.